The minimum absolute atomic E-state index is 0.0827. The first-order valence-electron chi connectivity index (χ1n) is 15.8. The Bertz CT molecular complexity index is 1770. The Balaban J connectivity index is 1.61. The third kappa shape index (κ3) is 8.61. The molecule has 5 rings (SSSR count). The topological polar surface area (TPSA) is 70.5 Å². The molecule has 1 aliphatic rings. The summed E-state index contributed by atoms with van der Waals surface area (Å²) in [4.78, 5) is 36.7. The second kappa shape index (κ2) is 15.6. The molecule has 0 saturated carbocycles. The molecule has 256 valence electrons. The number of fused-ring (bicyclic) bond motifs is 1. The molecule has 3 aromatic carbocycles. The number of nitrogens with one attached hydrogen (secondary N) is 1. The Hall–Kier alpha value is -3.81. The number of benzene rings is 3. The zero-order chi connectivity index (χ0) is 34.4. The highest BCUT2D eigenvalue weighted by Gasteiger charge is 2.35. The lowest BCUT2D eigenvalue weighted by Gasteiger charge is -2.34. The summed E-state index contributed by atoms with van der Waals surface area (Å²) >= 11 is 1.90. The van der Waals surface area contributed by atoms with Crippen molar-refractivity contribution in [2.24, 2.45) is 0 Å². The van der Waals surface area contributed by atoms with Gasteiger partial charge < -0.3 is 15.1 Å². The number of hydrogen-bond acceptors (Lipinski definition) is 6. The average molecular weight is 688 g/mol. The van der Waals surface area contributed by atoms with E-state index < -0.39 is 40.9 Å². The summed E-state index contributed by atoms with van der Waals surface area (Å²) in [6.45, 7) is 1.09. The van der Waals surface area contributed by atoms with Crippen molar-refractivity contribution in [1.82, 2.24) is 24.7 Å². The molecule has 1 saturated heterocycles. The normalized spacial score (nSPS) is 14.8. The molecule has 1 atom stereocenters. The van der Waals surface area contributed by atoms with Crippen molar-refractivity contribution < 1.29 is 26.7 Å². The summed E-state index contributed by atoms with van der Waals surface area (Å²) in [5.74, 6) is -0.0797. The minimum Gasteiger partial charge on any atom is -0.331 e. The second-order valence-electron chi connectivity index (χ2n) is 12.1. The van der Waals surface area contributed by atoms with Crippen LogP contribution >= 0.6 is 11.8 Å². The summed E-state index contributed by atoms with van der Waals surface area (Å²) in [6, 6.07) is 14.3. The van der Waals surface area contributed by atoms with Crippen LogP contribution in [0.3, 0.4) is 0 Å². The Morgan fingerprint density at radius 2 is 1.73 bits per heavy atom. The monoisotopic (exact) mass is 687 g/mol. The van der Waals surface area contributed by atoms with E-state index in [2.05, 4.69) is 5.32 Å². The molecule has 1 aromatic heterocycles. The molecule has 4 aromatic rings. The lowest BCUT2D eigenvalue weighted by molar-refractivity contribution is -0.140. The Morgan fingerprint density at radius 3 is 2.40 bits per heavy atom. The number of carbonyl (C=O) groups is 1. The van der Waals surface area contributed by atoms with E-state index >= 15 is 0 Å². The van der Waals surface area contributed by atoms with Crippen molar-refractivity contribution >= 4 is 28.6 Å². The predicted octanol–water partition coefficient (Wildman–Crippen LogP) is 6.23. The average Bonchev–Trinajstić information content (AvgIpc) is 3.04. The van der Waals surface area contributed by atoms with Crippen LogP contribution in [0.5, 0.6) is 0 Å². The molecule has 48 heavy (non-hydrogen) atoms. The van der Waals surface area contributed by atoms with E-state index in [-0.39, 0.29) is 30.4 Å². The molecule has 1 unspecified atom stereocenters. The number of halogens is 5. The molecule has 2 heterocycles. The van der Waals surface area contributed by atoms with Gasteiger partial charge in [0.1, 0.15) is 17.5 Å². The Labute approximate surface area is 280 Å². The number of alkyl halides is 3. The number of nitrogens with zero attached hydrogens (tertiary/aromatic N) is 4. The number of para-hydroxylation sites is 1. The van der Waals surface area contributed by atoms with E-state index in [1.54, 1.807) is 29.2 Å². The molecular formula is C35H38F5N5O2S. The maximum Gasteiger partial charge on any atom is 0.419 e. The van der Waals surface area contributed by atoms with Crippen LogP contribution in [0.15, 0.2) is 71.5 Å². The van der Waals surface area contributed by atoms with E-state index in [0.717, 1.165) is 36.5 Å². The first kappa shape index (κ1) is 35.5. The van der Waals surface area contributed by atoms with Gasteiger partial charge in [-0.1, -0.05) is 18.2 Å². The second-order valence-corrected chi connectivity index (χ2v) is 13.4. The molecule has 1 aliphatic heterocycles. The van der Waals surface area contributed by atoms with Crippen molar-refractivity contribution in [3.63, 3.8) is 0 Å². The van der Waals surface area contributed by atoms with Gasteiger partial charge in [0.2, 0.25) is 5.91 Å². The van der Waals surface area contributed by atoms with E-state index in [1.807, 2.05) is 30.8 Å². The van der Waals surface area contributed by atoms with Crippen LogP contribution in [-0.2, 0) is 17.4 Å². The van der Waals surface area contributed by atoms with Gasteiger partial charge in [0.15, 0.2) is 0 Å². The first-order chi connectivity index (χ1) is 22.9. The SMILES string of the molecule is CN(C)CCN(C(=O)Cc1ccc(C(F)(F)F)c(F)c1)C(CCNC1CCSCC1)c1nc2ccccc2c(=O)n1-c1ccc(F)cc1. The molecule has 1 amide bonds. The van der Waals surface area contributed by atoms with Crippen LogP contribution in [0.25, 0.3) is 16.6 Å². The molecule has 7 nitrogen and oxygen atoms in total. The van der Waals surface area contributed by atoms with E-state index in [0.29, 0.717) is 42.2 Å². The molecule has 1 fully saturated rings. The van der Waals surface area contributed by atoms with E-state index in [4.69, 9.17) is 4.98 Å². The number of aromatic nitrogens is 2. The summed E-state index contributed by atoms with van der Waals surface area (Å²) < 4.78 is 69.7. The van der Waals surface area contributed by atoms with Crippen LogP contribution in [0.1, 0.15) is 42.3 Å². The highest BCUT2D eigenvalue weighted by Crippen LogP contribution is 2.32. The van der Waals surface area contributed by atoms with Crippen LogP contribution in [-0.4, -0.2) is 76.5 Å². The van der Waals surface area contributed by atoms with Gasteiger partial charge >= 0.3 is 6.18 Å². The fourth-order valence-electron chi connectivity index (χ4n) is 5.90. The zero-order valence-electron chi connectivity index (χ0n) is 26.8. The van der Waals surface area contributed by atoms with E-state index in [9.17, 15) is 31.5 Å². The number of hydrogen-bond donors (Lipinski definition) is 1. The van der Waals surface area contributed by atoms with Gasteiger partial charge in [0.25, 0.3) is 5.56 Å². The maximum atomic E-state index is 14.5. The number of amides is 1. The molecule has 1 N–H and O–H groups in total. The summed E-state index contributed by atoms with van der Waals surface area (Å²) in [5, 5.41) is 3.94. The van der Waals surface area contributed by atoms with Crippen molar-refractivity contribution in [3.05, 3.63) is 106 Å². The summed E-state index contributed by atoms with van der Waals surface area (Å²) in [6.07, 6.45) is -2.92. The third-order valence-electron chi connectivity index (χ3n) is 8.44. The molecular weight excluding hydrogens is 649 g/mol. The fraction of sp³-hybridized carbons (Fsp3) is 0.400. The third-order valence-corrected chi connectivity index (χ3v) is 9.48. The number of rotatable bonds is 12. The molecule has 0 aliphatic carbocycles. The fourth-order valence-corrected chi connectivity index (χ4v) is 7.01. The highest BCUT2D eigenvalue weighted by molar-refractivity contribution is 7.99. The lowest BCUT2D eigenvalue weighted by atomic mass is 10.0. The lowest BCUT2D eigenvalue weighted by Crippen LogP contribution is -2.44. The molecule has 0 radical (unpaired) electrons. The molecule has 0 spiro atoms. The number of likely N-dealkylation sites (N-methyl/N-ethyl adjacent to an activating group) is 1. The van der Waals surface area contributed by atoms with Crippen molar-refractivity contribution in [1.29, 1.82) is 0 Å². The Kier molecular flexibility index (Phi) is 11.5. The molecule has 13 heteroatoms. The van der Waals surface area contributed by atoms with Gasteiger partial charge in [0, 0.05) is 19.1 Å². The number of carbonyl (C=O) groups excluding carboxylic acids is 1. The predicted molar refractivity (Wildman–Crippen MR) is 178 cm³/mol. The van der Waals surface area contributed by atoms with Crippen molar-refractivity contribution in [2.75, 3.05) is 45.2 Å². The minimum atomic E-state index is -4.87. The van der Waals surface area contributed by atoms with Gasteiger partial charge in [-0.25, -0.2) is 13.8 Å². The highest BCUT2D eigenvalue weighted by atomic mass is 32.2. The van der Waals surface area contributed by atoms with Crippen LogP contribution in [0.2, 0.25) is 0 Å². The van der Waals surface area contributed by atoms with Gasteiger partial charge in [-0.2, -0.15) is 24.9 Å². The standard InChI is InChI=1S/C35H38F5N5O2S/c1-43(2)17-18-44(32(46)22-23-7-12-28(29(37)21-23)35(38,39)40)31(13-16-41-25-14-19-48-20-15-25)33-42-30-6-4-3-5-27(30)34(47)45(33)26-10-8-24(36)9-11-26/h3-12,21,25,31,41H,13-20,22H2,1-2H3. The quantitative estimate of drug-likeness (QED) is 0.178. The largest absolute Gasteiger partial charge is 0.419 e. The summed E-state index contributed by atoms with van der Waals surface area (Å²) in [5.41, 5.74) is -0.935. The van der Waals surface area contributed by atoms with Crippen LogP contribution in [0.4, 0.5) is 22.0 Å². The zero-order valence-corrected chi connectivity index (χ0v) is 27.6. The summed E-state index contributed by atoms with van der Waals surface area (Å²) in [7, 11) is 3.68. The van der Waals surface area contributed by atoms with Gasteiger partial charge in [-0.05, 0) is 106 Å². The van der Waals surface area contributed by atoms with Gasteiger partial charge in [-0.15, -0.1) is 0 Å². The smallest absolute Gasteiger partial charge is 0.331 e. The first-order valence-corrected chi connectivity index (χ1v) is 17.0. The van der Waals surface area contributed by atoms with Gasteiger partial charge in [-0.3, -0.25) is 14.2 Å². The van der Waals surface area contributed by atoms with E-state index in [1.165, 1.54) is 28.8 Å². The van der Waals surface area contributed by atoms with Gasteiger partial charge in [0.05, 0.1) is 34.6 Å². The van der Waals surface area contributed by atoms with Crippen LogP contribution < -0.4 is 10.9 Å². The maximum absolute atomic E-state index is 14.5. The van der Waals surface area contributed by atoms with Crippen molar-refractivity contribution in [3.8, 4) is 5.69 Å². The van der Waals surface area contributed by atoms with Crippen molar-refractivity contribution in [2.45, 2.75) is 43.9 Å². The molecule has 0 bridgehead atoms. The number of thioether (sulfide) groups is 1. The van der Waals surface area contributed by atoms with Crippen LogP contribution in [0, 0.1) is 11.6 Å². The Morgan fingerprint density at radius 1 is 1.02 bits per heavy atom.